The predicted molar refractivity (Wildman–Crippen MR) is 169 cm³/mol. The van der Waals surface area contributed by atoms with Crippen LogP contribution in [0.3, 0.4) is 0 Å². The lowest BCUT2D eigenvalue weighted by molar-refractivity contribution is -0.157. The van der Waals surface area contributed by atoms with Gasteiger partial charge in [-0.25, -0.2) is 4.79 Å². The van der Waals surface area contributed by atoms with Crippen LogP contribution in [0.1, 0.15) is 58.9 Å². The normalized spacial score (nSPS) is 23.4. The fourth-order valence-corrected chi connectivity index (χ4v) is 7.04. The van der Waals surface area contributed by atoms with E-state index in [1.807, 2.05) is 50.2 Å². The molecule has 7 heteroatoms. The summed E-state index contributed by atoms with van der Waals surface area (Å²) in [5, 5.41) is 0. The van der Waals surface area contributed by atoms with Gasteiger partial charge in [0.25, 0.3) is 0 Å². The minimum Gasteiger partial charge on any atom is -0.362 e. The van der Waals surface area contributed by atoms with Crippen molar-refractivity contribution in [3.8, 4) is 0 Å². The summed E-state index contributed by atoms with van der Waals surface area (Å²) in [6.45, 7) is 13.3. The number of nitrogens with zero attached hydrogens (tertiary/aromatic N) is 2. The Balaban J connectivity index is 1.50. The Labute approximate surface area is 255 Å². The van der Waals surface area contributed by atoms with E-state index in [1.165, 1.54) is 11.1 Å². The van der Waals surface area contributed by atoms with E-state index in [9.17, 15) is 0 Å². The lowest BCUT2D eigenvalue weighted by atomic mass is 9.90. The van der Waals surface area contributed by atoms with Crippen molar-refractivity contribution >= 4 is 6.03 Å². The van der Waals surface area contributed by atoms with E-state index in [2.05, 4.69) is 83.9 Å². The monoisotopic (exact) mass is 580 g/mol. The van der Waals surface area contributed by atoms with E-state index in [0.717, 1.165) is 33.9 Å². The van der Waals surface area contributed by atoms with Crippen molar-refractivity contribution in [2.45, 2.75) is 97.6 Å². The van der Waals surface area contributed by atoms with Crippen molar-refractivity contribution in [2.75, 3.05) is 0 Å². The van der Waals surface area contributed by atoms with Crippen LogP contribution in [-0.2, 0) is 35.4 Å². The van der Waals surface area contributed by atoms with E-state index in [4.69, 9.17) is 9.47 Å². The molecule has 6 rings (SSSR count). The number of benzene rings is 2. The van der Waals surface area contributed by atoms with Crippen LogP contribution >= 0.6 is 0 Å². The summed E-state index contributed by atoms with van der Waals surface area (Å²) in [6.07, 6.45) is 0.708. The van der Waals surface area contributed by atoms with Gasteiger partial charge in [0, 0.05) is 35.9 Å². The second-order valence-corrected chi connectivity index (χ2v) is 12.8. The minimum absolute atomic E-state index is 0.0110. The quantitative estimate of drug-likeness (QED) is 0.242. The Morgan fingerprint density at radius 2 is 1.07 bits per heavy atom. The number of nitrogens with one attached hydrogen (secondary N) is 2. The number of hydrogen-bond acceptors (Lipinski definition) is 3. The third-order valence-corrected chi connectivity index (χ3v) is 8.98. The van der Waals surface area contributed by atoms with Crippen LogP contribution in [0.5, 0.6) is 0 Å². The number of ether oxygens (including phenoxy) is 2. The number of amides is 2. The fraction of sp³-hybridized carbons (Fsp3) is 0.417. The molecular weight excluding hydrogens is 536 g/mol. The average molecular weight is 581 g/mol. The third-order valence-electron chi connectivity index (χ3n) is 8.98. The standard InChI is InChI=1S/C36H44N4O3/c1-23-17-29(25(3)37-23)19-31-33-34(43-36(5,6)42-33)32(20-30-18-24(2)38-26(30)4)40(22-28-15-11-8-12-16-28)35(41)39(31)21-27-13-9-7-10-14-27/h7-18,31-34,37-38H,19-22H2,1-6H3/t31-,32-,33+,34+/m1/s1. The molecule has 43 heavy (non-hydrogen) atoms. The zero-order chi connectivity index (χ0) is 30.3. The zero-order valence-electron chi connectivity index (χ0n) is 26.2. The van der Waals surface area contributed by atoms with Gasteiger partial charge >= 0.3 is 6.03 Å². The number of carbonyl (C=O) groups excluding carboxylic acids is 1. The smallest absolute Gasteiger partial charge is 0.321 e. The van der Waals surface area contributed by atoms with E-state index in [0.29, 0.717) is 25.9 Å². The van der Waals surface area contributed by atoms with Crippen LogP contribution in [0.2, 0.25) is 0 Å². The summed E-state index contributed by atoms with van der Waals surface area (Å²) in [5.41, 5.74) is 9.06. The summed E-state index contributed by atoms with van der Waals surface area (Å²) < 4.78 is 13.6. The molecule has 0 radical (unpaired) electrons. The molecule has 7 nitrogen and oxygen atoms in total. The van der Waals surface area contributed by atoms with Crippen LogP contribution in [0.25, 0.3) is 0 Å². The molecule has 2 aromatic carbocycles. The summed E-state index contributed by atoms with van der Waals surface area (Å²) >= 11 is 0. The number of urea groups is 1. The lowest BCUT2D eigenvalue weighted by Crippen LogP contribution is -2.51. The van der Waals surface area contributed by atoms with Crippen LogP contribution in [-0.4, -0.2) is 55.9 Å². The molecule has 4 aromatic rings. The van der Waals surface area contributed by atoms with Gasteiger partial charge in [0.15, 0.2) is 5.79 Å². The first-order valence-electron chi connectivity index (χ1n) is 15.4. The topological polar surface area (TPSA) is 73.6 Å². The number of aromatic nitrogens is 2. The second-order valence-electron chi connectivity index (χ2n) is 12.8. The molecule has 2 fully saturated rings. The Morgan fingerprint density at radius 1 is 0.674 bits per heavy atom. The number of carbonyl (C=O) groups is 1. The van der Waals surface area contributed by atoms with Crippen molar-refractivity contribution in [3.63, 3.8) is 0 Å². The third kappa shape index (κ3) is 6.15. The summed E-state index contributed by atoms with van der Waals surface area (Å²) in [6, 6.07) is 24.5. The molecule has 2 N–H and O–H groups in total. The van der Waals surface area contributed by atoms with Crippen LogP contribution in [0, 0.1) is 27.7 Å². The Kier molecular flexibility index (Phi) is 7.96. The summed E-state index contributed by atoms with van der Waals surface area (Å²) in [5.74, 6) is -0.782. The Hall–Kier alpha value is -3.81. The first-order chi connectivity index (χ1) is 20.6. The second kappa shape index (κ2) is 11.7. The first-order valence-corrected chi connectivity index (χ1v) is 15.4. The Morgan fingerprint density at radius 3 is 1.42 bits per heavy atom. The molecule has 226 valence electrons. The fourth-order valence-electron chi connectivity index (χ4n) is 7.04. The van der Waals surface area contributed by atoms with E-state index >= 15 is 4.79 Å². The van der Waals surface area contributed by atoms with Gasteiger partial charge in [0.2, 0.25) is 0 Å². The highest BCUT2D eigenvalue weighted by Gasteiger charge is 2.55. The molecule has 0 bridgehead atoms. The van der Waals surface area contributed by atoms with Gasteiger partial charge in [-0.05, 0) is 88.8 Å². The molecule has 4 heterocycles. The molecule has 0 spiro atoms. The predicted octanol–water partition coefficient (Wildman–Crippen LogP) is 6.76. The van der Waals surface area contributed by atoms with Gasteiger partial charge in [-0.1, -0.05) is 60.7 Å². The number of rotatable bonds is 8. The van der Waals surface area contributed by atoms with E-state index in [-0.39, 0.29) is 30.3 Å². The number of aromatic amines is 2. The number of hydrogen-bond donors (Lipinski definition) is 2. The molecule has 2 aliphatic rings. The SMILES string of the molecule is Cc1cc(C[C@@H]2[C@@H]3OC(C)(C)O[C@H]3[C@@H](Cc3cc(C)[nH]c3C)N(Cc3ccccc3)C(=O)N2Cc2ccccc2)c(C)[nH]1. The largest absolute Gasteiger partial charge is 0.362 e. The van der Waals surface area contributed by atoms with E-state index < -0.39 is 5.79 Å². The highest BCUT2D eigenvalue weighted by molar-refractivity contribution is 5.76. The molecule has 0 unspecified atom stereocenters. The maximum absolute atomic E-state index is 15.1. The van der Waals surface area contributed by atoms with Crippen molar-refractivity contribution in [1.29, 1.82) is 0 Å². The van der Waals surface area contributed by atoms with Crippen LogP contribution < -0.4 is 0 Å². The molecule has 2 aliphatic heterocycles. The number of aryl methyl sites for hydroxylation is 4. The highest BCUT2D eigenvalue weighted by atomic mass is 16.8. The van der Waals surface area contributed by atoms with Crippen molar-refractivity contribution in [3.05, 3.63) is 118 Å². The maximum atomic E-state index is 15.1. The van der Waals surface area contributed by atoms with Crippen LogP contribution in [0.4, 0.5) is 4.79 Å². The molecular formula is C36H44N4O3. The van der Waals surface area contributed by atoms with Gasteiger partial charge in [-0.3, -0.25) is 0 Å². The van der Waals surface area contributed by atoms with Gasteiger partial charge in [0.1, 0.15) is 12.2 Å². The van der Waals surface area contributed by atoms with Gasteiger partial charge in [-0.15, -0.1) is 0 Å². The molecule has 0 saturated carbocycles. The number of fused-ring (bicyclic) bond motifs is 1. The zero-order valence-corrected chi connectivity index (χ0v) is 26.2. The van der Waals surface area contributed by atoms with Gasteiger partial charge < -0.3 is 29.2 Å². The lowest BCUT2D eigenvalue weighted by Gasteiger charge is -2.37. The molecule has 0 aliphatic carbocycles. The summed E-state index contributed by atoms with van der Waals surface area (Å²) in [7, 11) is 0. The van der Waals surface area contributed by atoms with Crippen LogP contribution in [0.15, 0.2) is 72.8 Å². The van der Waals surface area contributed by atoms with Gasteiger partial charge in [-0.2, -0.15) is 0 Å². The Bertz CT molecular complexity index is 1440. The van der Waals surface area contributed by atoms with E-state index in [1.54, 1.807) is 0 Å². The average Bonchev–Trinajstić information content (AvgIpc) is 3.58. The van der Waals surface area contributed by atoms with Crippen molar-refractivity contribution in [2.24, 2.45) is 0 Å². The summed E-state index contributed by atoms with van der Waals surface area (Å²) in [4.78, 5) is 26.1. The number of H-pyrrole nitrogens is 2. The highest BCUT2D eigenvalue weighted by Crippen LogP contribution is 2.41. The van der Waals surface area contributed by atoms with Gasteiger partial charge in [0.05, 0.1) is 12.1 Å². The minimum atomic E-state index is -0.782. The maximum Gasteiger partial charge on any atom is 0.321 e. The molecule has 2 amide bonds. The first kappa shape index (κ1) is 29.3. The molecule has 2 saturated heterocycles. The van der Waals surface area contributed by atoms with Crippen molar-refractivity contribution < 1.29 is 14.3 Å². The molecule has 4 atom stereocenters. The van der Waals surface area contributed by atoms with Crippen molar-refractivity contribution in [1.82, 2.24) is 19.8 Å². The molecule has 2 aromatic heterocycles.